The number of carbonyl (C=O) groups excluding carboxylic acids is 1. The van der Waals surface area contributed by atoms with Crippen molar-refractivity contribution in [3.63, 3.8) is 0 Å². The molecule has 1 unspecified atom stereocenters. The second-order valence-corrected chi connectivity index (χ2v) is 7.22. The summed E-state index contributed by atoms with van der Waals surface area (Å²) in [5.74, 6) is -0.617. The van der Waals surface area contributed by atoms with Gasteiger partial charge in [-0.15, -0.1) is 0 Å². The first-order chi connectivity index (χ1) is 13.0. The summed E-state index contributed by atoms with van der Waals surface area (Å²) in [6, 6.07) is 13.1. The van der Waals surface area contributed by atoms with E-state index in [9.17, 15) is 9.90 Å². The molecule has 0 fully saturated rings. The number of fused-ring (bicyclic) bond motifs is 5. The Morgan fingerprint density at radius 1 is 1.15 bits per heavy atom. The summed E-state index contributed by atoms with van der Waals surface area (Å²) in [4.78, 5) is 16.2. The lowest BCUT2D eigenvalue weighted by molar-refractivity contribution is -0.0540. The molecule has 1 atom stereocenters. The normalized spacial score (nSPS) is 16.1. The van der Waals surface area contributed by atoms with Crippen LogP contribution in [0.15, 0.2) is 48.7 Å². The molecule has 4 aromatic rings. The third kappa shape index (κ3) is 2.43. The van der Waals surface area contributed by atoms with Crippen LogP contribution in [-0.2, 0) is 11.3 Å². The molecule has 1 aliphatic rings. The highest BCUT2D eigenvalue weighted by Gasteiger charge is 2.34. The molecule has 0 aliphatic carbocycles. The van der Waals surface area contributed by atoms with Crippen LogP contribution < -0.4 is 0 Å². The Kier molecular flexibility index (Phi) is 3.65. The zero-order chi connectivity index (χ0) is 18.7. The van der Waals surface area contributed by atoms with Crippen molar-refractivity contribution in [2.75, 3.05) is 0 Å². The monoisotopic (exact) mass is 398 g/mol. The minimum Gasteiger partial charge on any atom is -0.427 e. The lowest BCUT2D eigenvalue weighted by Crippen LogP contribution is -2.02. The number of hydrogen-bond donors (Lipinski definition) is 1. The summed E-state index contributed by atoms with van der Waals surface area (Å²) in [7, 11) is 0. The molecule has 0 radical (unpaired) electrons. The highest BCUT2D eigenvalue weighted by molar-refractivity contribution is 6.33. The Morgan fingerprint density at radius 2 is 1.96 bits per heavy atom. The van der Waals surface area contributed by atoms with Gasteiger partial charge in [-0.3, -0.25) is 0 Å². The minimum absolute atomic E-state index is 0.152. The number of nitrogens with zero attached hydrogens (tertiary/aromatic N) is 2. The molecule has 2 aromatic carbocycles. The minimum atomic E-state index is -1.32. The molecular formula is C20H12Cl2N2O3. The van der Waals surface area contributed by atoms with Crippen molar-refractivity contribution >= 4 is 51.0 Å². The van der Waals surface area contributed by atoms with Crippen LogP contribution in [0.3, 0.4) is 0 Å². The number of ether oxygens (including phenoxy) is 1. The number of para-hydroxylation sites is 1. The molecule has 134 valence electrons. The second-order valence-electron chi connectivity index (χ2n) is 6.38. The first kappa shape index (κ1) is 16.6. The van der Waals surface area contributed by atoms with E-state index in [1.54, 1.807) is 18.3 Å². The van der Waals surface area contributed by atoms with E-state index in [4.69, 9.17) is 27.9 Å². The third-order valence-electron chi connectivity index (χ3n) is 4.85. The Morgan fingerprint density at radius 3 is 2.81 bits per heavy atom. The number of aromatic nitrogens is 2. The number of hydrogen-bond acceptors (Lipinski definition) is 4. The molecular weight excluding hydrogens is 387 g/mol. The summed E-state index contributed by atoms with van der Waals surface area (Å²) >= 11 is 12.5. The van der Waals surface area contributed by atoms with Gasteiger partial charge >= 0.3 is 5.97 Å². The van der Waals surface area contributed by atoms with Crippen LogP contribution in [0.2, 0.25) is 10.0 Å². The number of benzene rings is 2. The van der Waals surface area contributed by atoms with Gasteiger partial charge in [0.2, 0.25) is 6.29 Å². The zero-order valence-corrected chi connectivity index (χ0v) is 15.3. The number of pyridine rings is 1. The molecule has 0 bridgehead atoms. The first-order valence-electron chi connectivity index (χ1n) is 8.27. The molecule has 5 rings (SSSR count). The summed E-state index contributed by atoms with van der Waals surface area (Å²) in [5, 5.41) is 13.1. The van der Waals surface area contributed by atoms with Gasteiger partial charge in [-0.25, -0.2) is 9.78 Å². The van der Waals surface area contributed by atoms with E-state index in [1.165, 1.54) is 0 Å². The molecule has 1 aliphatic heterocycles. The van der Waals surface area contributed by atoms with E-state index in [1.807, 2.05) is 34.9 Å². The van der Waals surface area contributed by atoms with E-state index in [-0.39, 0.29) is 5.69 Å². The van der Waals surface area contributed by atoms with Gasteiger partial charge < -0.3 is 14.4 Å². The quantitative estimate of drug-likeness (QED) is 0.496. The molecule has 0 saturated heterocycles. The van der Waals surface area contributed by atoms with Crippen molar-refractivity contribution < 1.29 is 14.6 Å². The van der Waals surface area contributed by atoms with Crippen molar-refractivity contribution in [1.29, 1.82) is 0 Å². The lowest BCUT2D eigenvalue weighted by Gasteiger charge is -2.10. The molecule has 7 heteroatoms. The third-order valence-corrected chi connectivity index (χ3v) is 5.45. The number of aliphatic hydroxyl groups excluding tert-OH is 1. The highest BCUT2D eigenvalue weighted by Crippen LogP contribution is 2.39. The van der Waals surface area contributed by atoms with E-state index in [0.29, 0.717) is 22.2 Å². The summed E-state index contributed by atoms with van der Waals surface area (Å²) in [5.41, 5.74) is 3.14. The van der Waals surface area contributed by atoms with Crippen LogP contribution >= 0.6 is 23.2 Å². The molecule has 3 heterocycles. The summed E-state index contributed by atoms with van der Waals surface area (Å²) in [6.45, 7) is 0.467. The van der Waals surface area contributed by atoms with Crippen LogP contribution in [0.1, 0.15) is 27.9 Å². The SMILES string of the molecule is O=C1OC(O)c2c1ncc1c2c2ccccc2n1Cc1cc(Cl)ccc1Cl. The number of rotatable bonds is 2. The average Bonchev–Trinajstić information content (AvgIpc) is 3.13. The predicted octanol–water partition coefficient (Wildman–Crippen LogP) is 4.71. The lowest BCUT2D eigenvalue weighted by atomic mass is 10.1. The zero-order valence-electron chi connectivity index (χ0n) is 13.8. The number of esters is 1. The molecule has 5 nitrogen and oxygen atoms in total. The second kappa shape index (κ2) is 5.96. The van der Waals surface area contributed by atoms with Gasteiger partial charge in [0.1, 0.15) is 0 Å². The van der Waals surface area contributed by atoms with E-state index in [0.717, 1.165) is 27.4 Å². The molecule has 0 saturated carbocycles. The van der Waals surface area contributed by atoms with E-state index >= 15 is 0 Å². The first-order valence-corrected chi connectivity index (χ1v) is 9.03. The van der Waals surface area contributed by atoms with Crippen molar-refractivity contribution in [3.05, 3.63) is 75.5 Å². The molecule has 0 amide bonds. The van der Waals surface area contributed by atoms with Crippen molar-refractivity contribution in [3.8, 4) is 0 Å². The van der Waals surface area contributed by atoms with Crippen LogP contribution in [0, 0.1) is 0 Å². The van der Waals surface area contributed by atoms with Gasteiger partial charge in [-0.05, 0) is 29.8 Å². The standard InChI is InChI=1S/C20H12Cl2N2O3/c21-11-5-6-13(22)10(7-11)9-24-14-4-2-1-3-12(14)16-15(24)8-23-18-17(16)19(25)27-20(18)26/h1-8,19,25H,9H2. The highest BCUT2D eigenvalue weighted by atomic mass is 35.5. The Balaban J connectivity index is 1.84. The maximum absolute atomic E-state index is 12.0. The van der Waals surface area contributed by atoms with Crippen LogP contribution in [0.5, 0.6) is 0 Å². The molecule has 27 heavy (non-hydrogen) atoms. The number of cyclic esters (lactones) is 1. The fraction of sp³-hybridized carbons (Fsp3) is 0.100. The van der Waals surface area contributed by atoms with E-state index < -0.39 is 12.3 Å². The van der Waals surface area contributed by atoms with Gasteiger partial charge in [0.05, 0.1) is 17.3 Å². The van der Waals surface area contributed by atoms with Gasteiger partial charge in [0, 0.05) is 32.9 Å². The van der Waals surface area contributed by atoms with Gasteiger partial charge in [-0.2, -0.15) is 0 Å². The maximum atomic E-state index is 12.0. The average molecular weight is 399 g/mol. The Labute approximate surface area is 163 Å². The number of halogens is 2. The Hall–Kier alpha value is -2.60. The maximum Gasteiger partial charge on any atom is 0.360 e. The van der Waals surface area contributed by atoms with Crippen LogP contribution in [-0.4, -0.2) is 20.6 Å². The van der Waals surface area contributed by atoms with Crippen LogP contribution in [0.4, 0.5) is 0 Å². The fourth-order valence-corrected chi connectivity index (χ4v) is 4.05. The molecule has 0 spiro atoms. The van der Waals surface area contributed by atoms with Crippen molar-refractivity contribution in [2.24, 2.45) is 0 Å². The largest absolute Gasteiger partial charge is 0.427 e. The summed E-state index contributed by atoms with van der Waals surface area (Å²) < 4.78 is 7.00. The number of aliphatic hydroxyl groups is 1. The smallest absolute Gasteiger partial charge is 0.360 e. The fourth-order valence-electron chi connectivity index (χ4n) is 3.68. The molecule has 1 N–H and O–H groups in total. The topological polar surface area (TPSA) is 64.3 Å². The Bertz CT molecular complexity index is 1250. The molecule has 2 aromatic heterocycles. The van der Waals surface area contributed by atoms with Crippen LogP contribution in [0.25, 0.3) is 21.8 Å². The number of carbonyl (C=O) groups is 1. The van der Waals surface area contributed by atoms with Gasteiger partial charge in [0.15, 0.2) is 5.69 Å². The van der Waals surface area contributed by atoms with Gasteiger partial charge in [-0.1, -0.05) is 41.4 Å². The van der Waals surface area contributed by atoms with Crippen molar-refractivity contribution in [2.45, 2.75) is 12.8 Å². The summed E-state index contributed by atoms with van der Waals surface area (Å²) in [6.07, 6.45) is 0.309. The van der Waals surface area contributed by atoms with Crippen molar-refractivity contribution in [1.82, 2.24) is 9.55 Å². The van der Waals surface area contributed by atoms with Gasteiger partial charge in [0.25, 0.3) is 0 Å². The van der Waals surface area contributed by atoms with E-state index in [2.05, 4.69) is 4.98 Å². The predicted molar refractivity (Wildman–Crippen MR) is 103 cm³/mol.